The fourth-order valence-corrected chi connectivity index (χ4v) is 2.31. The van der Waals surface area contributed by atoms with Gasteiger partial charge in [0.25, 0.3) is 0 Å². The Balaban J connectivity index is 2.07. The van der Waals surface area contributed by atoms with Crippen LogP contribution < -0.4 is 10.6 Å². The minimum Gasteiger partial charge on any atom is -0.394 e. The van der Waals surface area contributed by atoms with Gasteiger partial charge in [-0.25, -0.2) is 9.50 Å². The van der Waals surface area contributed by atoms with Crippen LogP contribution in [0.15, 0.2) is 18.5 Å². The van der Waals surface area contributed by atoms with Crippen LogP contribution in [0.25, 0.3) is 5.65 Å². The van der Waals surface area contributed by atoms with Crippen LogP contribution in [0.5, 0.6) is 0 Å². The van der Waals surface area contributed by atoms with Crippen molar-refractivity contribution in [2.75, 3.05) is 17.2 Å². The minimum absolute atomic E-state index is 0.569. The Morgan fingerprint density at radius 2 is 2.38 bits per heavy atom. The first-order valence-electron chi connectivity index (χ1n) is 5.62. The van der Waals surface area contributed by atoms with Gasteiger partial charge in [0.05, 0.1) is 11.9 Å². The highest BCUT2D eigenvalue weighted by molar-refractivity contribution is 5.65. The van der Waals surface area contributed by atoms with E-state index in [2.05, 4.69) is 21.9 Å². The zero-order chi connectivity index (χ0) is 11.1. The average Bonchev–Trinajstić information content (AvgIpc) is 2.86. The molecular weight excluding hydrogens is 202 g/mol. The highest BCUT2D eigenvalue weighted by atomic mass is 15.3. The quantitative estimate of drug-likeness (QED) is 0.782. The van der Waals surface area contributed by atoms with Gasteiger partial charge in [-0.05, 0) is 25.8 Å². The van der Waals surface area contributed by atoms with Gasteiger partial charge in [0.2, 0.25) is 0 Å². The van der Waals surface area contributed by atoms with E-state index in [4.69, 9.17) is 5.73 Å². The number of nitrogens with two attached hydrogens (primary N) is 1. The molecule has 1 fully saturated rings. The van der Waals surface area contributed by atoms with Crippen LogP contribution in [-0.4, -0.2) is 27.2 Å². The van der Waals surface area contributed by atoms with Crippen LogP contribution >= 0.6 is 0 Å². The Bertz CT molecular complexity index is 518. The maximum Gasteiger partial charge on any atom is 0.180 e. The molecule has 0 spiro atoms. The molecular formula is C11H15N5. The van der Waals surface area contributed by atoms with Gasteiger partial charge >= 0.3 is 0 Å². The predicted octanol–water partition coefficient (Wildman–Crippen LogP) is 1.30. The van der Waals surface area contributed by atoms with E-state index in [0.717, 1.165) is 18.0 Å². The van der Waals surface area contributed by atoms with Crippen molar-refractivity contribution in [1.29, 1.82) is 0 Å². The maximum atomic E-state index is 5.81. The zero-order valence-electron chi connectivity index (χ0n) is 9.30. The fourth-order valence-electron chi connectivity index (χ4n) is 2.31. The summed E-state index contributed by atoms with van der Waals surface area (Å²) in [5.41, 5.74) is 7.19. The van der Waals surface area contributed by atoms with E-state index in [1.165, 1.54) is 12.8 Å². The molecule has 0 bridgehead atoms. The van der Waals surface area contributed by atoms with Gasteiger partial charge in [0, 0.05) is 18.8 Å². The van der Waals surface area contributed by atoms with E-state index in [1.807, 2.05) is 12.3 Å². The van der Waals surface area contributed by atoms with Gasteiger partial charge in [-0.1, -0.05) is 0 Å². The van der Waals surface area contributed by atoms with Crippen molar-refractivity contribution in [2.24, 2.45) is 0 Å². The summed E-state index contributed by atoms with van der Waals surface area (Å²) in [6.07, 6.45) is 6.03. The molecule has 2 aromatic heterocycles. The summed E-state index contributed by atoms with van der Waals surface area (Å²) in [4.78, 5) is 6.89. The lowest BCUT2D eigenvalue weighted by Crippen LogP contribution is -2.27. The lowest BCUT2D eigenvalue weighted by molar-refractivity contribution is 0.726. The first kappa shape index (κ1) is 9.45. The highest BCUT2D eigenvalue weighted by Crippen LogP contribution is 2.24. The van der Waals surface area contributed by atoms with E-state index >= 15 is 0 Å². The smallest absolute Gasteiger partial charge is 0.180 e. The monoisotopic (exact) mass is 217 g/mol. The number of hydrogen-bond donors (Lipinski definition) is 1. The molecule has 0 unspecified atom stereocenters. The van der Waals surface area contributed by atoms with Gasteiger partial charge in [-0.3, -0.25) is 0 Å². The second-order valence-corrected chi connectivity index (χ2v) is 4.34. The van der Waals surface area contributed by atoms with E-state index in [-0.39, 0.29) is 0 Å². The average molecular weight is 217 g/mol. The predicted molar refractivity (Wildman–Crippen MR) is 63.4 cm³/mol. The summed E-state index contributed by atoms with van der Waals surface area (Å²) >= 11 is 0. The summed E-state index contributed by atoms with van der Waals surface area (Å²) in [5, 5.41) is 4.12. The second kappa shape index (κ2) is 3.37. The molecule has 16 heavy (non-hydrogen) atoms. The Morgan fingerprint density at radius 3 is 3.12 bits per heavy atom. The number of nitrogens with zero attached hydrogens (tertiary/aromatic N) is 4. The van der Waals surface area contributed by atoms with Crippen molar-refractivity contribution in [1.82, 2.24) is 14.6 Å². The largest absolute Gasteiger partial charge is 0.394 e. The van der Waals surface area contributed by atoms with Crippen LogP contribution in [0, 0.1) is 0 Å². The van der Waals surface area contributed by atoms with Crippen molar-refractivity contribution in [2.45, 2.75) is 25.8 Å². The van der Waals surface area contributed by atoms with Crippen LogP contribution in [0.2, 0.25) is 0 Å². The number of rotatable bonds is 1. The molecule has 3 rings (SSSR count). The molecule has 0 amide bonds. The third-order valence-corrected chi connectivity index (χ3v) is 3.23. The summed E-state index contributed by atoms with van der Waals surface area (Å²) in [5.74, 6) is 1.00. The summed E-state index contributed by atoms with van der Waals surface area (Å²) in [6.45, 7) is 3.32. The molecule has 1 aliphatic rings. The summed E-state index contributed by atoms with van der Waals surface area (Å²) in [6, 6.07) is 2.57. The number of nitrogen functional groups attached to an aromatic ring is 1. The molecule has 1 aliphatic heterocycles. The molecule has 1 atom stereocenters. The lowest BCUT2D eigenvalue weighted by Gasteiger charge is -2.22. The van der Waals surface area contributed by atoms with Crippen molar-refractivity contribution in [3.63, 3.8) is 0 Å². The van der Waals surface area contributed by atoms with Gasteiger partial charge in [0.1, 0.15) is 5.82 Å². The molecule has 5 nitrogen and oxygen atoms in total. The van der Waals surface area contributed by atoms with Crippen molar-refractivity contribution >= 4 is 17.2 Å². The molecule has 84 valence electrons. The Kier molecular flexibility index (Phi) is 1.99. The van der Waals surface area contributed by atoms with E-state index in [9.17, 15) is 0 Å². The van der Waals surface area contributed by atoms with Gasteiger partial charge < -0.3 is 10.6 Å². The molecule has 5 heteroatoms. The molecule has 2 N–H and O–H groups in total. The zero-order valence-corrected chi connectivity index (χ0v) is 9.30. The summed E-state index contributed by atoms with van der Waals surface area (Å²) < 4.78 is 1.71. The molecule has 0 saturated carbocycles. The highest BCUT2D eigenvalue weighted by Gasteiger charge is 2.21. The molecule has 2 aromatic rings. The maximum absolute atomic E-state index is 5.81. The molecule has 3 heterocycles. The fraction of sp³-hybridized carbons (Fsp3) is 0.455. The topological polar surface area (TPSA) is 59.5 Å². The standard InChI is InChI=1S/C11H15N5/c1-8-3-2-5-15(8)10-4-6-16-11(14-10)9(12)7-13-16/h4,6-8H,2-3,5,12H2,1H3/t8-/m0/s1. The molecule has 1 saturated heterocycles. The Hall–Kier alpha value is -1.78. The first-order chi connectivity index (χ1) is 7.75. The Morgan fingerprint density at radius 1 is 1.50 bits per heavy atom. The van der Waals surface area contributed by atoms with Crippen LogP contribution in [0.3, 0.4) is 0 Å². The SMILES string of the molecule is C[C@H]1CCCN1c1ccn2ncc(N)c2n1. The number of hydrogen-bond acceptors (Lipinski definition) is 4. The molecule has 0 radical (unpaired) electrons. The molecule has 0 aliphatic carbocycles. The lowest BCUT2D eigenvalue weighted by atomic mass is 10.2. The van der Waals surface area contributed by atoms with E-state index < -0.39 is 0 Å². The van der Waals surface area contributed by atoms with E-state index in [1.54, 1.807) is 10.7 Å². The van der Waals surface area contributed by atoms with Crippen LogP contribution in [0.1, 0.15) is 19.8 Å². The minimum atomic E-state index is 0.569. The molecule has 0 aromatic carbocycles. The van der Waals surface area contributed by atoms with Crippen LogP contribution in [0.4, 0.5) is 11.5 Å². The second-order valence-electron chi connectivity index (χ2n) is 4.34. The van der Waals surface area contributed by atoms with Gasteiger partial charge in [-0.2, -0.15) is 5.10 Å². The van der Waals surface area contributed by atoms with Gasteiger partial charge in [-0.15, -0.1) is 0 Å². The van der Waals surface area contributed by atoms with Gasteiger partial charge in [0.15, 0.2) is 5.65 Å². The van der Waals surface area contributed by atoms with Crippen molar-refractivity contribution < 1.29 is 0 Å². The van der Waals surface area contributed by atoms with E-state index in [0.29, 0.717) is 11.7 Å². The summed E-state index contributed by atoms with van der Waals surface area (Å²) in [7, 11) is 0. The first-order valence-corrected chi connectivity index (χ1v) is 5.62. The third kappa shape index (κ3) is 1.31. The van der Waals surface area contributed by atoms with Crippen LogP contribution in [-0.2, 0) is 0 Å². The number of anilines is 2. The third-order valence-electron chi connectivity index (χ3n) is 3.23. The Labute approximate surface area is 93.9 Å². The van der Waals surface area contributed by atoms with Crippen molar-refractivity contribution in [3.05, 3.63) is 18.5 Å². The van der Waals surface area contributed by atoms with Crippen molar-refractivity contribution in [3.8, 4) is 0 Å². The number of fused-ring (bicyclic) bond motifs is 1. The normalized spacial score (nSPS) is 20.8. The number of aromatic nitrogens is 3.